The van der Waals surface area contributed by atoms with Gasteiger partial charge in [-0.25, -0.2) is 0 Å². The molecular weight excluding hydrogens is 334 g/mol. The molecule has 0 bridgehead atoms. The molecule has 0 radical (unpaired) electrons. The molecule has 1 fully saturated rings. The molecule has 0 aliphatic carbocycles. The second kappa shape index (κ2) is 7.49. The predicted octanol–water partition coefficient (Wildman–Crippen LogP) is 3.24. The number of nitrogens with one attached hydrogen (secondary N) is 2. The number of aromatic nitrogens is 2. The fourth-order valence-corrected chi connectivity index (χ4v) is 4.39. The van der Waals surface area contributed by atoms with E-state index in [1.807, 2.05) is 13.0 Å². The smallest absolute Gasteiger partial charge is 0.263 e. The molecule has 134 valence electrons. The first-order valence-electron chi connectivity index (χ1n) is 8.59. The van der Waals surface area contributed by atoms with Gasteiger partial charge in [-0.2, -0.15) is 5.10 Å². The quantitative estimate of drug-likeness (QED) is 0.805. The van der Waals surface area contributed by atoms with Gasteiger partial charge in [0.1, 0.15) is 4.88 Å². The second-order valence-corrected chi connectivity index (χ2v) is 7.92. The normalized spacial score (nSPS) is 21.2. The minimum absolute atomic E-state index is 0.0774. The minimum Gasteiger partial charge on any atom is -0.350 e. The highest BCUT2D eigenvalue weighted by atomic mass is 32.1. The highest BCUT2D eigenvalue weighted by molar-refractivity contribution is 7.18. The van der Waals surface area contributed by atoms with Crippen molar-refractivity contribution in [2.24, 2.45) is 10.9 Å². The monoisotopic (exact) mass is 359 g/mol. The Hall–Kier alpha value is -1.99. The van der Waals surface area contributed by atoms with Gasteiger partial charge in [-0.1, -0.05) is 6.92 Å². The first-order valence-corrected chi connectivity index (χ1v) is 9.40. The van der Waals surface area contributed by atoms with E-state index in [9.17, 15) is 4.79 Å². The molecule has 2 aromatic heterocycles. The van der Waals surface area contributed by atoms with Gasteiger partial charge >= 0.3 is 0 Å². The van der Waals surface area contributed by atoms with Gasteiger partial charge in [0.2, 0.25) is 0 Å². The first kappa shape index (κ1) is 17.8. The lowest BCUT2D eigenvalue weighted by molar-refractivity contribution is 0.0919. The molecule has 7 heteroatoms. The Morgan fingerprint density at radius 2 is 2.40 bits per heavy atom. The van der Waals surface area contributed by atoms with Crippen molar-refractivity contribution in [2.45, 2.75) is 32.7 Å². The molecule has 2 N–H and O–H groups in total. The summed E-state index contributed by atoms with van der Waals surface area (Å²) in [5, 5.41) is 10.1. The third-order valence-electron chi connectivity index (χ3n) is 4.96. The van der Waals surface area contributed by atoms with Crippen molar-refractivity contribution < 1.29 is 4.79 Å². The fraction of sp³-hybridized carbons (Fsp3) is 0.500. The lowest BCUT2D eigenvalue weighted by atomic mass is 9.93. The number of amides is 1. The summed E-state index contributed by atoms with van der Waals surface area (Å²) in [6.07, 6.45) is 4.12. The molecule has 1 aliphatic rings. The van der Waals surface area contributed by atoms with E-state index in [1.54, 1.807) is 6.20 Å². The first-order chi connectivity index (χ1) is 12.0. The summed E-state index contributed by atoms with van der Waals surface area (Å²) in [5.74, 6) is 0.632. The third-order valence-corrected chi connectivity index (χ3v) is 6.11. The van der Waals surface area contributed by atoms with Crippen molar-refractivity contribution in [1.82, 2.24) is 20.4 Å². The Labute approximate surface area is 152 Å². The fourth-order valence-electron chi connectivity index (χ4n) is 3.29. The lowest BCUT2D eigenvalue weighted by Crippen LogP contribution is -2.46. The summed E-state index contributed by atoms with van der Waals surface area (Å²) in [5.41, 5.74) is 2.60. The third kappa shape index (κ3) is 3.82. The zero-order valence-corrected chi connectivity index (χ0v) is 15.8. The van der Waals surface area contributed by atoms with Crippen LogP contribution in [-0.2, 0) is 0 Å². The van der Waals surface area contributed by atoms with Gasteiger partial charge in [0.15, 0.2) is 0 Å². The Morgan fingerprint density at radius 1 is 1.60 bits per heavy atom. The number of nitrogens with zero attached hydrogens (tertiary/aromatic N) is 3. The van der Waals surface area contributed by atoms with E-state index < -0.39 is 0 Å². The lowest BCUT2D eigenvalue weighted by Gasteiger charge is -2.35. The number of hydrogen-bond donors (Lipinski definition) is 2. The highest BCUT2D eigenvalue weighted by Gasteiger charge is 2.25. The Balaban J connectivity index is 1.72. The summed E-state index contributed by atoms with van der Waals surface area (Å²) in [6, 6.07) is 2.29. The van der Waals surface area contributed by atoms with Crippen LogP contribution in [0.15, 0.2) is 17.3 Å². The number of H-pyrrole nitrogens is 1. The van der Waals surface area contributed by atoms with Gasteiger partial charge in [-0.15, -0.1) is 11.3 Å². The molecule has 0 aromatic carbocycles. The average molecular weight is 359 g/mol. The summed E-state index contributed by atoms with van der Waals surface area (Å²) in [7, 11) is 2.13. The van der Waals surface area contributed by atoms with Gasteiger partial charge in [-0.3, -0.25) is 14.9 Å². The summed E-state index contributed by atoms with van der Waals surface area (Å²) < 4.78 is 0. The van der Waals surface area contributed by atoms with E-state index in [2.05, 4.69) is 46.1 Å². The van der Waals surface area contributed by atoms with Crippen LogP contribution in [0.2, 0.25) is 0 Å². The van der Waals surface area contributed by atoms with Gasteiger partial charge in [-0.05, 0) is 52.1 Å². The van der Waals surface area contributed by atoms with Gasteiger partial charge in [0.25, 0.3) is 5.91 Å². The molecule has 3 heterocycles. The second-order valence-electron chi connectivity index (χ2n) is 6.87. The van der Waals surface area contributed by atoms with Crippen molar-refractivity contribution in [2.75, 3.05) is 20.1 Å². The standard InChI is InChI=1S/C18H25N5OS/c1-11-5-6-23(4)13(7-11)9-20-18(24)17-15(19-3)8-16(25-17)14-10-21-22-12(14)2/h8,10-11,13H,3,5-7,9H2,1-2,4H3,(H,20,24)(H,21,22). The molecule has 2 aromatic rings. The highest BCUT2D eigenvalue weighted by Crippen LogP contribution is 2.37. The van der Waals surface area contributed by atoms with Crippen LogP contribution < -0.4 is 5.32 Å². The topological polar surface area (TPSA) is 73.4 Å². The van der Waals surface area contributed by atoms with Gasteiger partial charge < -0.3 is 10.2 Å². The van der Waals surface area contributed by atoms with Crippen LogP contribution in [-0.4, -0.2) is 53.9 Å². The molecule has 0 spiro atoms. The van der Waals surface area contributed by atoms with E-state index in [4.69, 9.17) is 0 Å². The molecule has 2 unspecified atom stereocenters. The van der Waals surface area contributed by atoms with Crippen molar-refractivity contribution in [3.63, 3.8) is 0 Å². The Kier molecular flexibility index (Phi) is 5.34. The number of aliphatic imine (C=N–C) groups is 1. The van der Waals surface area contributed by atoms with Crippen LogP contribution in [0, 0.1) is 12.8 Å². The molecule has 6 nitrogen and oxygen atoms in total. The number of thiophene rings is 1. The molecular formula is C18H25N5OS. The number of aromatic amines is 1. The van der Waals surface area contributed by atoms with E-state index in [1.165, 1.54) is 17.8 Å². The number of likely N-dealkylation sites (N-methyl/N-ethyl adjacent to an activating group) is 1. The molecule has 1 saturated heterocycles. The van der Waals surface area contributed by atoms with Crippen molar-refractivity contribution in [3.05, 3.63) is 22.8 Å². The molecule has 1 aliphatic heterocycles. The molecule has 25 heavy (non-hydrogen) atoms. The predicted molar refractivity (Wildman–Crippen MR) is 103 cm³/mol. The molecule has 3 rings (SSSR count). The van der Waals surface area contributed by atoms with Crippen LogP contribution in [0.3, 0.4) is 0 Å². The van der Waals surface area contributed by atoms with Crippen LogP contribution in [0.4, 0.5) is 5.69 Å². The van der Waals surface area contributed by atoms with Crippen molar-refractivity contribution in [3.8, 4) is 10.4 Å². The SMILES string of the molecule is C=Nc1cc(-c2cn[nH]c2C)sc1C(=O)NCC1CC(C)CCN1C. The minimum atomic E-state index is -0.0774. The number of likely N-dealkylation sites (tertiary alicyclic amines) is 1. The van der Waals surface area contributed by atoms with Gasteiger partial charge in [0.05, 0.1) is 11.9 Å². The molecule has 0 saturated carbocycles. The van der Waals surface area contributed by atoms with Crippen LogP contribution >= 0.6 is 11.3 Å². The van der Waals surface area contributed by atoms with Crippen molar-refractivity contribution >= 4 is 29.6 Å². The maximum atomic E-state index is 12.7. The zero-order valence-electron chi connectivity index (χ0n) is 15.0. The Morgan fingerprint density at radius 3 is 3.08 bits per heavy atom. The zero-order chi connectivity index (χ0) is 18.0. The van der Waals surface area contributed by atoms with E-state index in [0.717, 1.165) is 29.1 Å². The number of carbonyl (C=O) groups excluding carboxylic acids is 1. The van der Waals surface area contributed by atoms with Crippen LogP contribution in [0.25, 0.3) is 10.4 Å². The van der Waals surface area contributed by atoms with Crippen molar-refractivity contribution in [1.29, 1.82) is 0 Å². The number of hydrogen-bond acceptors (Lipinski definition) is 5. The van der Waals surface area contributed by atoms with Crippen LogP contribution in [0.5, 0.6) is 0 Å². The average Bonchev–Trinajstić information content (AvgIpc) is 3.21. The summed E-state index contributed by atoms with van der Waals surface area (Å²) in [4.78, 5) is 20.6. The van der Waals surface area contributed by atoms with E-state index in [-0.39, 0.29) is 5.91 Å². The maximum Gasteiger partial charge on any atom is 0.263 e. The van der Waals surface area contributed by atoms with E-state index >= 15 is 0 Å². The largest absolute Gasteiger partial charge is 0.350 e. The van der Waals surface area contributed by atoms with E-state index in [0.29, 0.717) is 29.1 Å². The summed E-state index contributed by atoms with van der Waals surface area (Å²) in [6.45, 7) is 9.60. The number of piperidine rings is 1. The number of aryl methyl sites for hydroxylation is 1. The molecule has 1 amide bonds. The number of rotatable bonds is 5. The summed E-state index contributed by atoms with van der Waals surface area (Å²) >= 11 is 1.43. The van der Waals surface area contributed by atoms with Gasteiger partial charge in [0, 0.05) is 28.7 Å². The number of carbonyl (C=O) groups is 1. The molecule has 2 atom stereocenters. The van der Waals surface area contributed by atoms with Crippen LogP contribution in [0.1, 0.15) is 35.1 Å². The Bertz CT molecular complexity index is 765. The maximum absolute atomic E-state index is 12.7.